The number of ether oxygens (including phenoxy) is 1. The normalized spacial score (nSPS) is 11.7. The lowest BCUT2D eigenvalue weighted by Gasteiger charge is -2.33. The molecule has 0 aliphatic rings. The predicted molar refractivity (Wildman–Crippen MR) is 146 cm³/mol. The summed E-state index contributed by atoms with van der Waals surface area (Å²) >= 11 is 7.91. The van der Waals surface area contributed by atoms with Gasteiger partial charge in [0, 0.05) is 39.8 Å². The molecule has 178 valence electrons. The van der Waals surface area contributed by atoms with Crippen LogP contribution in [0.1, 0.15) is 22.5 Å². The molecule has 0 saturated heterocycles. The van der Waals surface area contributed by atoms with E-state index in [1.54, 1.807) is 11.6 Å². The lowest BCUT2D eigenvalue weighted by Crippen LogP contribution is -2.32. The van der Waals surface area contributed by atoms with Crippen molar-refractivity contribution in [2.24, 2.45) is 5.16 Å². The van der Waals surface area contributed by atoms with Crippen LogP contribution in [0.4, 0.5) is 5.13 Å². The molecule has 0 amide bonds. The van der Waals surface area contributed by atoms with Gasteiger partial charge in [-0.1, -0.05) is 107 Å². The molecular formula is C26H19N5O2S3. The van der Waals surface area contributed by atoms with Gasteiger partial charge in [0.05, 0.1) is 0 Å². The fourth-order valence-electron chi connectivity index (χ4n) is 3.68. The molecule has 5 aromatic rings. The second-order valence-electron chi connectivity index (χ2n) is 7.45. The number of hydrogen-bond acceptors (Lipinski definition) is 10. The minimum atomic E-state index is -1.10. The number of thiazole rings is 1. The molecule has 7 nitrogen and oxygen atoms in total. The number of nitrogen functional groups attached to an aromatic ring is 1. The van der Waals surface area contributed by atoms with Gasteiger partial charge in [0.15, 0.2) is 5.13 Å². The first-order chi connectivity index (χ1) is 17.7. The third-order valence-electron chi connectivity index (χ3n) is 5.25. The van der Waals surface area contributed by atoms with Gasteiger partial charge in [0.25, 0.3) is 5.19 Å². The third kappa shape index (κ3) is 4.87. The summed E-state index contributed by atoms with van der Waals surface area (Å²) in [6.45, 7) is 0. The van der Waals surface area contributed by atoms with Crippen molar-refractivity contribution in [1.29, 1.82) is 0 Å². The van der Waals surface area contributed by atoms with Crippen molar-refractivity contribution < 1.29 is 9.57 Å². The van der Waals surface area contributed by atoms with E-state index in [1.165, 1.54) is 11.3 Å². The summed E-state index contributed by atoms with van der Waals surface area (Å²) in [7, 11) is 0. The first kappa shape index (κ1) is 23.7. The number of thiocarbonyl (C=S) groups is 1. The minimum absolute atomic E-state index is 0.0193. The fraction of sp³-hybridized carbons (Fsp3) is 0.0385. The van der Waals surface area contributed by atoms with E-state index in [0.717, 1.165) is 28.2 Å². The first-order valence-corrected chi connectivity index (χ1v) is 12.9. The van der Waals surface area contributed by atoms with Crippen molar-refractivity contribution in [3.8, 4) is 5.19 Å². The van der Waals surface area contributed by atoms with E-state index >= 15 is 0 Å². The maximum absolute atomic E-state index is 6.54. The number of nitrogens with two attached hydrogens (primary N) is 1. The van der Waals surface area contributed by atoms with E-state index < -0.39 is 5.60 Å². The Balaban J connectivity index is 1.68. The summed E-state index contributed by atoms with van der Waals surface area (Å²) in [5.74, 6) is 0.210. The van der Waals surface area contributed by atoms with E-state index in [1.807, 2.05) is 91.0 Å². The Morgan fingerprint density at radius 2 is 1.42 bits per heavy atom. The molecule has 0 unspecified atom stereocenters. The second-order valence-corrected chi connectivity index (χ2v) is 9.47. The van der Waals surface area contributed by atoms with Crippen LogP contribution in [0.2, 0.25) is 0 Å². The molecule has 10 heteroatoms. The molecule has 0 fully saturated rings. The van der Waals surface area contributed by atoms with Gasteiger partial charge in [-0.15, -0.1) is 0 Å². The van der Waals surface area contributed by atoms with Crippen LogP contribution < -0.4 is 10.5 Å². The Labute approximate surface area is 221 Å². The van der Waals surface area contributed by atoms with Crippen LogP contribution in [0.15, 0.2) is 108 Å². The molecule has 0 bridgehead atoms. The van der Waals surface area contributed by atoms with Crippen LogP contribution in [-0.4, -0.2) is 25.1 Å². The summed E-state index contributed by atoms with van der Waals surface area (Å²) < 4.78 is 10.1. The summed E-state index contributed by atoms with van der Waals surface area (Å²) in [6, 6.07) is 29.6. The SMILES string of the molecule is Nc1nc(C(=NOC(c2ccccc2)(c2ccccc2)c2ccccc2)C(=S)Oc2nccs2)ns1. The quantitative estimate of drug-likeness (QED) is 0.119. The molecule has 0 saturated carbocycles. The van der Waals surface area contributed by atoms with Gasteiger partial charge >= 0.3 is 0 Å². The van der Waals surface area contributed by atoms with Crippen molar-refractivity contribution in [3.05, 3.63) is 125 Å². The zero-order chi connectivity index (χ0) is 24.8. The lowest BCUT2D eigenvalue weighted by atomic mass is 9.80. The highest BCUT2D eigenvalue weighted by Crippen LogP contribution is 2.40. The van der Waals surface area contributed by atoms with Crippen LogP contribution in [-0.2, 0) is 10.4 Å². The molecule has 0 radical (unpaired) electrons. The van der Waals surface area contributed by atoms with E-state index in [-0.39, 0.29) is 21.7 Å². The standard InChI is InChI=1S/C26H19N5O2S3/c27-24-29-22(31-36-24)21(23(34)32-25-28-16-17-35-25)30-33-26(18-10-4-1-5-11-18,19-12-6-2-7-13-19)20-14-8-3-9-15-20/h1-17H,(H2,27,29,31). The van der Waals surface area contributed by atoms with Crippen LogP contribution in [0.5, 0.6) is 5.19 Å². The van der Waals surface area contributed by atoms with Gasteiger partial charge in [-0.3, -0.25) is 0 Å². The highest BCUT2D eigenvalue weighted by atomic mass is 32.1. The summed E-state index contributed by atoms with van der Waals surface area (Å²) in [6.07, 6.45) is 1.63. The molecule has 5 rings (SSSR count). The van der Waals surface area contributed by atoms with Crippen LogP contribution in [0.3, 0.4) is 0 Å². The van der Waals surface area contributed by atoms with E-state index in [9.17, 15) is 0 Å². The Kier molecular flexibility index (Phi) is 7.08. The number of hydrogen-bond donors (Lipinski definition) is 1. The molecule has 0 atom stereocenters. The smallest absolute Gasteiger partial charge is 0.279 e. The Morgan fingerprint density at radius 3 is 1.86 bits per heavy atom. The number of aromatic nitrogens is 3. The van der Waals surface area contributed by atoms with Crippen LogP contribution in [0, 0.1) is 0 Å². The van der Waals surface area contributed by atoms with Crippen molar-refractivity contribution in [2.45, 2.75) is 5.60 Å². The van der Waals surface area contributed by atoms with Gasteiger partial charge in [-0.25, -0.2) is 4.98 Å². The fourth-order valence-corrected chi connectivity index (χ4v) is 4.87. The molecular weight excluding hydrogens is 511 g/mol. The maximum atomic E-state index is 6.54. The topological polar surface area (TPSA) is 95.5 Å². The number of anilines is 1. The third-order valence-corrected chi connectivity index (χ3v) is 6.72. The van der Waals surface area contributed by atoms with E-state index in [4.69, 9.17) is 27.5 Å². The molecule has 3 aromatic carbocycles. The lowest BCUT2D eigenvalue weighted by molar-refractivity contribution is 0.0176. The molecule has 0 aliphatic carbocycles. The monoisotopic (exact) mass is 529 g/mol. The summed E-state index contributed by atoms with van der Waals surface area (Å²) in [4.78, 5) is 15.0. The maximum Gasteiger partial charge on any atom is 0.279 e. The minimum Gasteiger partial charge on any atom is -0.416 e. The highest BCUT2D eigenvalue weighted by molar-refractivity contribution is 7.81. The Hall–Kier alpha value is -3.99. The first-order valence-electron chi connectivity index (χ1n) is 10.8. The molecule has 0 spiro atoms. The zero-order valence-electron chi connectivity index (χ0n) is 18.7. The number of benzene rings is 3. The number of rotatable bonds is 8. The summed E-state index contributed by atoms with van der Waals surface area (Å²) in [5, 5.41) is 6.99. The second kappa shape index (κ2) is 10.7. The van der Waals surface area contributed by atoms with Gasteiger partial charge in [0.1, 0.15) is 0 Å². The van der Waals surface area contributed by atoms with E-state index in [0.29, 0.717) is 5.19 Å². The molecule has 36 heavy (non-hydrogen) atoms. The van der Waals surface area contributed by atoms with Crippen molar-refractivity contribution in [1.82, 2.24) is 14.3 Å². The van der Waals surface area contributed by atoms with Crippen molar-refractivity contribution >= 4 is 51.0 Å². The summed E-state index contributed by atoms with van der Waals surface area (Å²) in [5.41, 5.74) is 7.53. The Morgan fingerprint density at radius 1 is 0.861 bits per heavy atom. The predicted octanol–water partition coefficient (Wildman–Crippen LogP) is 5.70. The zero-order valence-corrected chi connectivity index (χ0v) is 21.2. The Bertz CT molecular complexity index is 1360. The van der Waals surface area contributed by atoms with Gasteiger partial charge in [0.2, 0.25) is 22.2 Å². The van der Waals surface area contributed by atoms with Gasteiger partial charge < -0.3 is 15.3 Å². The van der Waals surface area contributed by atoms with Gasteiger partial charge in [-0.05, 0) is 12.2 Å². The van der Waals surface area contributed by atoms with Crippen LogP contribution in [0.25, 0.3) is 0 Å². The van der Waals surface area contributed by atoms with E-state index in [2.05, 4.69) is 19.5 Å². The number of nitrogens with zero attached hydrogens (tertiary/aromatic N) is 4. The average molecular weight is 530 g/mol. The average Bonchev–Trinajstić information content (AvgIpc) is 3.60. The molecule has 2 N–H and O–H groups in total. The molecule has 2 heterocycles. The van der Waals surface area contributed by atoms with Crippen LogP contribution >= 0.6 is 35.1 Å². The van der Waals surface area contributed by atoms with Gasteiger partial charge in [-0.2, -0.15) is 9.36 Å². The number of oxime groups is 1. The highest BCUT2D eigenvalue weighted by Gasteiger charge is 2.40. The molecule has 0 aliphatic heterocycles. The largest absolute Gasteiger partial charge is 0.416 e. The molecule has 2 aromatic heterocycles. The van der Waals surface area contributed by atoms with Crippen molar-refractivity contribution in [2.75, 3.05) is 5.73 Å². The van der Waals surface area contributed by atoms with Crippen molar-refractivity contribution in [3.63, 3.8) is 0 Å².